The molecule has 1 heterocycles. The number of rotatable bonds is 6. The van der Waals surface area contributed by atoms with E-state index in [4.69, 9.17) is 0 Å². The van der Waals surface area contributed by atoms with E-state index in [9.17, 15) is 15.0 Å². The molecule has 3 aromatic rings. The fraction of sp³-hybridized carbons (Fsp3) is 0.111. The summed E-state index contributed by atoms with van der Waals surface area (Å²) >= 11 is 4.63. The Hall–Kier alpha value is -2.85. The molecule has 0 aliphatic rings. The first-order valence-electron chi connectivity index (χ1n) is 8.06. The van der Waals surface area contributed by atoms with Gasteiger partial charge in [0.2, 0.25) is 0 Å². The molecule has 0 saturated carbocycles. The van der Waals surface area contributed by atoms with Crippen LogP contribution in [0, 0.1) is 0 Å². The van der Waals surface area contributed by atoms with Crippen LogP contribution in [0.5, 0.6) is 11.5 Å². The fourth-order valence-electron chi connectivity index (χ4n) is 2.27. The first kappa shape index (κ1) is 19.9. The Morgan fingerprint density at radius 1 is 1.25 bits per heavy atom. The second-order valence-corrected chi connectivity index (χ2v) is 7.56. The number of nitrogens with zero attached hydrogens (tertiary/aromatic N) is 4. The minimum atomic E-state index is -0.326. The predicted octanol–water partition coefficient (Wildman–Crippen LogP) is 2.90. The van der Waals surface area contributed by atoms with Crippen LogP contribution in [0.2, 0.25) is 0 Å². The van der Waals surface area contributed by atoms with Crippen LogP contribution in [0.1, 0.15) is 5.56 Å². The van der Waals surface area contributed by atoms with Gasteiger partial charge in [0.05, 0.1) is 12.0 Å². The van der Waals surface area contributed by atoms with Crippen LogP contribution in [-0.4, -0.2) is 42.9 Å². The van der Waals surface area contributed by atoms with Gasteiger partial charge in [0.1, 0.15) is 11.5 Å². The monoisotopic (exact) mass is 461 g/mol. The van der Waals surface area contributed by atoms with Crippen molar-refractivity contribution in [1.82, 2.24) is 20.2 Å². The van der Waals surface area contributed by atoms with Crippen LogP contribution >= 0.6 is 27.7 Å². The van der Waals surface area contributed by atoms with Gasteiger partial charge in [-0.1, -0.05) is 39.8 Å². The summed E-state index contributed by atoms with van der Waals surface area (Å²) < 4.78 is 2.80. The number of carbonyl (C=O) groups excluding carboxylic acids is 1. The molecule has 0 aliphatic heterocycles. The quantitative estimate of drug-likeness (QED) is 0.295. The SMILES string of the molecule is Cn1c(SCC(=O)N/N=C/c2ccc(O)cc2O)nnc1-c1ccc(Br)cc1. The zero-order chi connectivity index (χ0) is 20.1. The lowest BCUT2D eigenvalue weighted by Gasteiger charge is -2.04. The van der Waals surface area contributed by atoms with Crippen molar-refractivity contribution in [2.24, 2.45) is 12.1 Å². The summed E-state index contributed by atoms with van der Waals surface area (Å²) in [5.41, 5.74) is 3.68. The molecule has 0 unspecified atom stereocenters. The van der Waals surface area contributed by atoms with Crippen molar-refractivity contribution in [3.63, 3.8) is 0 Å². The number of hydrazone groups is 1. The van der Waals surface area contributed by atoms with Gasteiger partial charge in [0.25, 0.3) is 5.91 Å². The van der Waals surface area contributed by atoms with Crippen LogP contribution in [0.3, 0.4) is 0 Å². The van der Waals surface area contributed by atoms with E-state index in [1.165, 1.54) is 36.2 Å². The van der Waals surface area contributed by atoms with Crippen LogP contribution < -0.4 is 5.43 Å². The van der Waals surface area contributed by atoms with E-state index in [1.54, 1.807) is 0 Å². The van der Waals surface area contributed by atoms with Gasteiger partial charge >= 0.3 is 0 Å². The minimum absolute atomic E-state index is 0.0544. The lowest BCUT2D eigenvalue weighted by atomic mass is 10.2. The van der Waals surface area contributed by atoms with Crippen molar-refractivity contribution in [3.8, 4) is 22.9 Å². The first-order valence-corrected chi connectivity index (χ1v) is 9.84. The minimum Gasteiger partial charge on any atom is -0.508 e. The molecule has 0 radical (unpaired) electrons. The number of aromatic hydroxyl groups is 2. The zero-order valence-corrected chi connectivity index (χ0v) is 17.1. The molecule has 3 rings (SSSR count). The number of carbonyl (C=O) groups is 1. The number of phenols is 2. The maximum Gasteiger partial charge on any atom is 0.250 e. The summed E-state index contributed by atoms with van der Waals surface area (Å²) in [6.07, 6.45) is 1.30. The van der Waals surface area contributed by atoms with Gasteiger partial charge in [-0.25, -0.2) is 5.43 Å². The first-order chi connectivity index (χ1) is 13.4. The van der Waals surface area contributed by atoms with E-state index in [2.05, 4.69) is 36.7 Å². The van der Waals surface area contributed by atoms with E-state index in [-0.39, 0.29) is 23.2 Å². The van der Waals surface area contributed by atoms with E-state index >= 15 is 0 Å². The highest BCUT2D eigenvalue weighted by Crippen LogP contribution is 2.24. The van der Waals surface area contributed by atoms with E-state index in [0.29, 0.717) is 16.5 Å². The molecule has 8 nitrogen and oxygen atoms in total. The number of amides is 1. The Balaban J connectivity index is 1.56. The van der Waals surface area contributed by atoms with Gasteiger partial charge in [0.15, 0.2) is 11.0 Å². The van der Waals surface area contributed by atoms with Gasteiger partial charge in [-0.2, -0.15) is 5.10 Å². The lowest BCUT2D eigenvalue weighted by Crippen LogP contribution is -2.19. The molecule has 3 N–H and O–H groups in total. The normalized spacial score (nSPS) is 11.1. The predicted molar refractivity (Wildman–Crippen MR) is 110 cm³/mol. The Kier molecular flexibility index (Phi) is 6.32. The number of hydrogen-bond acceptors (Lipinski definition) is 7. The highest BCUT2D eigenvalue weighted by atomic mass is 79.9. The third-order valence-electron chi connectivity index (χ3n) is 3.68. The second-order valence-electron chi connectivity index (χ2n) is 5.70. The lowest BCUT2D eigenvalue weighted by molar-refractivity contribution is -0.118. The molecule has 0 saturated heterocycles. The summed E-state index contributed by atoms with van der Waals surface area (Å²) in [4.78, 5) is 12.0. The van der Waals surface area contributed by atoms with Gasteiger partial charge in [-0.15, -0.1) is 10.2 Å². The van der Waals surface area contributed by atoms with Crippen LogP contribution in [0.4, 0.5) is 0 Å². The molecule has 0 fully saturated rings. The molecule has 0 aliphatic carbocycles. The smallest absolute Gasteiger partial charge is 0.250 e. The van der Waals surface area contributed by atoms with Crippen molar-refractivity contribution in [2.75, 3.05) is 5.75 Å². The maximum atomic E-state index is 12.0. The van der Waals surface area contributed by atoms with Crippen LogP contribution in [0.25, 0.3) is 11.4 Å². The number of hydrogen-bond donors (Lipinski definition) is 3. The van der Waals surface area contributed by atoms with E-state index in [0.717, 1.165) is 10.0 Å². The number of phenolic OH excluding ortho intramolecular Hbond substituents is 2. The van der Waals surface area contributed by atoms with Crippen molar-refractivity contribution in [1.29, 1.82) is 0 Å². The van der Waals surface area contributed by atoms with Crippen LogP contribution in [-0.2, 0) is 11.8 Å². The maximum absolute atomic E-state index is 12.0. The average molecular weight is 462 g/mol. The number of aromatic nitrogens is 3. The number of halogens is 1. The summed E-state index contributed by atoms with van der Waals surface area (Å²) in [6.45, 7) is 0. The van der Waals surface area contributed by atoms with Crippen molar-refractivity contribution in [2.45, 2.75) is 5.16 Å². The van der Waals surface area contributed by atoms with Gasteiger partial charge in [-0.05, 0) is 24.3 Å². The van der Waals surface area contributed by atoms with Crippen molar-refractivity contribution >= 4 is 39.8 Å². The highest BCUT2D eigenvalue weighted by Gasteiger charge is 2.12. The molecule has 144 valence electrons. The molecule has 1 aromatic heterocycles. The summed E-state index contributed by atoms with van der Waals surface area (Å²) in [5, 5.41) is 31.6. The molecule has 0 bridgehead atoms. The van der Waals surface area contributed by atoms with Gasteiger partial charge in [-0.3, -0.25) is 4.79 Å². The Labute approximate surface area is 173 Å². The Morgan fingerprint density at radius 2 is 2.00 bits per heavy atom. The summed E-state index contributed by atoms with van der Waals surface area (Å²) in [5.74, 6) is 0.294. The molecular formula is C18H16BrN5O3S. The Morgan fingerprint density at radius 3 is 2.71 bits per heavy atom. The molecule has 28 heavy (non-hydrogen) atoms. The van der Waals surface area contributed by atoms with Crippen LogP contribution in [0.15, 0.2) is 57.2 Å². The summed E-state index contributed by atoms with van der Waals surface area (Å²) in [7, 11) is 1.84. The fourth-order valence-corrected chi connectivity index (χ4v) is 3.24. The number of thioether (sulfide) groups is 1. The molecule has 0 atom stereocenters. The van der Waals surface area contributed by atoms with E-state index in [1.807, 2.05) is 35.9 Å². The second kappa shape index (κ2) is 8.89. The molecule has 1 amide bonds. The number of nitrogens with one attached hydrogen (secondary N) is 1. The highest BCUT2D eigenvalue weighted by molar-refractivity contribution is 9.10. The van der Waals surface area contributed by atoms with Gasteiger partial charge in [0, 0.05) is 28.7 Å². The Bertz CT molecular complexity index is 1020. The zero-order valence-electron chi connectivity index (χ0n) is 14.7. The molecule has 2 aromatic carbocycles. The molecule has 10 heteroatoms. The number of benzene rings is 2. The third-order valence-corrected chi connectivity index (χ3v) is 5.23. The third kappa shape index (κ3) is 4.90. The largest absolute Gasteiger partial charge is 0.508 e. The topological polar surface area (TPSA) is 113 Å². The van der Waals surface area contributed by atoms with E-state index < -0.39 is 0 Å². The standard InChI is InChI=1S/C18H16BrN5O3S/c1-24-17(11-2-5-13(19)6-3-11)22-23-18(24)28-10-16(27)21-20-9-12-4-7-14(25)8-15(12)26/h2-9,25-26H,10H2,1H3,(H,21,27)/b20-9+. The summed E-state index contributed by atoms with van der Waals surface area (Å²) in [6, 6.07) is 11.8. The molecular weight excluding hydrogens is 446 g/mol. The van der Waals surface area contributed by atoms with Gasteiger partial charge < -0.3 is 14.8 Å². The average Bonchev–Trinajstić information content (AvgIpc) is 3.03. The van der Waals surface area contributed by atoms with Crippen molar-refractivity contribution < 1.29 is 15.0 Å². The van der Waals surface area contributed by atoms with Crippen molar-refractivity contribution in [3.05, 3.63) is 52.5 Å². The molecule has 0 spiro atoms.